The first-order valence-electron chi connectivity index (χ1n) is 6.71. The van der Waals surface area contributed by atoms with Crippen LogP contribution in [0.5, 0.6) is 5.75 Å². The van der Waals surface area contributed by atoms with Gasteiger partial charge in [0.05, 0.1) is 7.11 Å². The second-order valence-electron chi connectivity index (χ2n) is 5.01. The van der Waals surface area contributed by atoms with E-state index >= 15 is 0 Å². The first-order valence-corrected chi connectivity index (χ1v) is 7.59. The number of aryl methyl sites for hydroxylation is 1. The van der Waals surface area contributed by atoms with Crippen LogP contribution in [0.15, 0.2) is 23.1 Å². The number of hydrogen-bond acceptors (Lipinski definition) is 3. The molecule has 0 saturated heterocycles. The Labute approximate surface area is 114 Å². The Bertz CT molecular complexity index is 386. The van der Waals surface area contributed by atoms with Gasteiger partial charge in [0, 0.05) is 16.2 Å². The van der Waals surface area contributed by atoms with Gasteiger partial charge in [-0.25, -0.2) is 0 Å². The molecule has 0 atom stereocenters. The summed E-state index contributed by atoms with van der Waals surface area (Å²) < 4.78 is 5.30. The van der Waals surface area contributed by atoms with Crippen molar-refractivity contribution in [1.29, 1.82) is 0 Å². The van der Waals surface area contributed by atoms with E-state index in [2.05, 4.69) is 37.5 Å². The summed E-state index contributed by atoms with van der Waals surface area (Å²) in [6, 6.07) is 7.24. The highest BCUT2D eigenvalue weighted by Gasteiger charge is 2.20. The van der Waals surface area contributed by atoms with E-state index < -0.39 is 0 Å². The number of methoxy groups -OCH3 is 1. The van der Waals surface area contributed by atoms with Crippen molar-refractivity contribution in [3.8, 4) is 5.75 Å². The second kappa shape index (κ2) is 6.48. The van der Waals surface area contributed by atoms with Gasteiger partial charge in [0.1, 0.15) is 5.75 Å². The number of thioether (sulfide) groups is 1. The lowest BCUT2D eigenvalue weighted by molar-refractivity contribution is 0.401. The van der Waals surface area contributed by atoms with Crippen LogP contribution in [0.3, 0.4) is 0 Å². The molecule has 1 aliphatic rings. The molecular formula is C15H23NOS. The summed E-state index contributed by atoms with van der Waals surface area (Å²) in [4.78, 5) is 1.38. The van der Waals surface area contributed by atoms with Crippen molar-refractivity contribution in [2.45, 2.75) is 48.8 Å². The summed E-state index contributed by atoms with van der Waals surface area (Å²) in [7, 11) is 3.80. The van der Waals surface area contributed by atoms with Crippen LogP contribution >= 0.6 is 11.8 Å². The molecule has 3 heteroatoms. The molecule has 1 aromatic carbocycles. The zero-order valence-corrected chi connectivity index (χ0v) is 12.3. The number of benzene rings is 1. The van der Waals surface area contributed by atoms with E-state index in [0.29, 0.717) is 0 Å². The van der Waals surface area contributed by atoms with E-state index in [9.17, 15) is 0 Å². The van der Waals surface area contributed by atoms with Crippen molar-refractivity contribution >= 4 is 11.8 Å². The normalized spacial score (nSPS) is 23.9. The van der Waals surface area contributed by atoms with Gasteiger partial charge >= 0.3 is 0 Å². The van der Waals surface area contributed by atoms with Crippen molar-refractivity contribution in [2.24, 2.45) is 0 Å². The van der Waals surface area contributed by atoms with Gasteiger partial charge in [-0.2, -0.15) is 0 Å². The summed E-state index contributed by atoms with van der Waals surface area (Å²) in [5, 5.41) is 4.17. The minimum Gasteiger partial charge on any atom is -0.496 e. The van der Waals surface area contributed by atoms with Gasteiger partial charge < -0.3 is 10.1 Å². The van der Waals surface area contributed by atoms with Crippen LogP contribution in [0.25, 0.3) is 0 Å². The topological polar surface area (TPSA) is 21.3 Å². The Balaban J connectivity index is 1.92. The third-order valence-electron chi connectivity index (χ3n) is 3.75. The Morgan fingerprint density at radius 3 is 2.50 bits per heavy atom. The van der Waals surface area contributed by atoms with Gasteiger partial charge in [0.2, 0.25) is 0 Å². The fourth-order valence-corrected chi connectivity index (χ4v) is 3.87. The molecule has 2 rings (SSSR count). The molecule has 100 valence electrons. The van der Waals surface area contributed by atoms with Crippen molar-refractivity contribution in [3.63, 3.8) is 0 Å². The molecular weight excluding hydrogens is 242 g/mol. The molecule has 0 aliphatic heterocycles. The van der Waals surface area contributed by atoms with Crippen molar-refractivity contribution in [1.82, 2.24) is 5.32 Å². The first kappa shape index (κ1) is 13.8. The summed E-state index contributed by atoms with van der Waals surface area (Å²) >= 11 is 2.03. The fraction of sp³-hybridized carbons (Fsp3) is 0.600. The molecule has 0 amide bonds. The summed E-state index contributed by atoms with van der Waals surface area (Å²) in [5.41, 5.74) is 1.23. The number of rotatable bonds is 4. The van der Waals surface area contributed by atoms with Crippen molar-refractivity contribution in [3.05, 3.63) is 23.8 Å². The standard InChI is InChI=1S/C15H23NOS/c1-11-10-14(8-9-15(11)17-3)18-13-6-4-12(16-2)5-7-13/h8-10,12-13,16H,4-7H2,1-3H3. The van der Waals surface area contributed by atoms with E-state index in [1.54, 1.807) is 7.11 Å². The molecule has 0 bridgehead atoms. The SMILES string of the molecule is CNC1CCC(Sc2ccc(OC)c(C)c2)CC1. The predicted molar refractivity (Wildman–Crippen MR) is 78.7 cm³/mol. The molecule has 1 N–H and O–H groups in total. The van der Waals surface area contributed by atoms with Crippen LogP contribution in [0.4, 0.5) is 0 Å². The number of hydrogen-bond donors (Lipinski definition) is 1. The number of nitrogens with one attached hydrogen (secondary N) is 1. The molecule has 1 fully saturated rings. The van der Waals surface area contributed by atoms with E-state index in [1.807, 2.05) is 11.8 Å². The maximum atomic E-state index is 5.30. The van der Waals surface area contributed by atoms with Crippen LogP contribution in [0.2, 0.25) is 0 Å². The van der Waals surface area contributed by atoms with Gasteiger partial charge in [0.15, 0.2) is 0 Å². The van der Waals surface area contributed by atoms with Crippen molar-refractivity contribution < 1.29 is 4.74 Å². The lowest BCUT2D eigenvalue weighted by Gasteiger charge is -2.27. The first-order chi connectivity index (χ1) is 8.72. The largest absolute Gasteiger partial charge is 0.496 e. The Hall–Kier alpha value is -0.670. The lowest BCUT2D eigenvalue weighted by atomic mass is 9.95. The maximum absolute atomic E-state index is 5.30. The zero-order chi connectivity index (χ0) is 13.0. The number of ether oxygens (including phenoxy) is 1. The quantitative estimate of drug-likeness (QED) is 0.898. The van der Waals surface area contributed by atoms with Gasteiger partial charge in [-0.1, -0.05) is 0 Å². The van der Waals surface area contributed by atoms with Crippen LogP contribution < -0.4 is 10.1 Å². The average Bonchev–Trinajstić information content (AvgIpc) is 2.40. The molecule has 0 aromatic heterocycles. The Morgan fingerprint density at radius 2 is 1.94 bits per heavy atom. The average molecular weight is 265 g/mol. The van der Waals surface area contributed by atoms with Gasteiger partial charge in [-0.15, -0.1) is 11.8 Å². The molecule has 1 aliphatic carbocycles. The van der Waals surface area contributed by atoms with E-state index in [0.717, 1.165) is 17.0 Å². The minimum absolute atomic E-state index is 0.736. The van der Waals surface area contributed by atoms with Gasteiger partial charge in [0.25, 0.3) is 0 Å². The molecule has 1 aromatic rings. The van der Waals surface area contributed by atoms with Crippen molar-refractivity contribution in [2.75, 3.05) is 14.2 Å². The highest BCUT2D eigenvalue weighted by molar-refractivity contribution is 8.00. The minimum atomic E-state index is 0.736. The maximum Gasteiger partial charge on any atom is 0.121 e. The van der Waals surface area contributed by atoms with Crippen LogP contribution in [-0.4, -0.2) is 25.4 Å². The lowest BCUT2D eigenvalue weighted by Crippen LogP contribution is -2.30. The summed E-state index contributed by atoms with van der Waals surface area (Å²) in [6.07, 6.45) is 5.26. The molecule has 0 radical (unpaired) electrons. The van der Waals surface area contributed by atoms with Crippen LogP contribution in [0.1, 0.15) is 31.2 Å². The molecule has 2 nitrogen and oxygen atoms in total. The summed E-state index contributed by atoms with van der Waals surface area (Å²) in [6.45, 7) is 2.11. The molecule has 0 heterocycles. The third-order valence-corrected chi connectivity index (χ3v) is 5.08. The molecule has 1 saturated carbocycles. The highest BCUT2D eigenvalue weighted by atomic mass is 32.2. The van der Waals surface area contributed by atoms with Crippen LogP contribution in [0, 0.1) is 6.92 Å². The Morgan fingerprint density at radius 1 is 1.22 bits per heavy atom. The second-order valence-corrected chi connectivity index (χ2v) is 6.39. The zero-order valence-electron chi connectivity index (χ0n) is 11.5. The third kappa shape index (κ3) is 3.42. The van der Waals surface area contributed by atoms with Crippen LogP contribution in [-0.2, 0) is 0 Å². The van der Waals surface area contributed by atoms with E-state index in [-0.39, 0.29) is 0 Å². The highest BCUT2D eigenvalue weighted by Crippen LogP contribution is 2.35. The predicted octanol–water partition coefficient (Wildman–Crippen LogP) is 3.63. The summed E-state index contributed by atoms with van der Waals surface area (Å²) in [5.74, 6) is 0.984. The smallest absolute Gasteiger partial charge is 0.121 e. The van der Waals surface area contributed by atoms with Gasteiger partial charge in [-0.05, 0) is 63.4 Å². The van der Waals surface area contributed by atoms with Gasteiger partial charge in [-0.3, -0.25) is 0 Å². The Kier molecular flexibility index (Phi) is 4.95. The van der Waals surface area contributed by atoms with E-state index in [1.165, 1.54) is 36.1 Å². The molecule has 0 unspecified atom stereocenters. The monoisotopic (exact) mass is 265 g/mol. The molecule has 18 heavy (non-hydrogen) atoms. The fourth-order valence-electron chi connectivity index (χ4n) is 2.59. The van der Waals surface area contributed by atoms with E-state index in [4.69, 9.17) is 4.74 Å². The molecule has 0 spiro atoms.